The first kappa shape index (κ1) is 11.8. The number of hydrogen-bond acceptors (Lipinski definition) is 1. The zero-order valence-electron chi connectivity index (χ0n) is 9.77. The van der Waals surface area contributed by atoms with Crippen molar-refractivity contribution in [3.63, 3.8) is 0 Å². The molecule has 94 valence electrons. The molecule has 1 aliphatic carbocycles. The van der Waals surface area contributed by atoms with Crippen LogP contribution in [0.5, 0.6) is 0 Å². The molecule has 1 heterocycles. The van der Waals surface area contributed by atoms with E-state index in [2.05, 4.69) is 4.98 Å². The maximum Gasteiger partial charge on any atom is 0.137 e. The quantitative estimate of drug-likeness (QED) is 0.643. The number of fused-ring (bicyclic) bond motifs is 2. The van der Waals surface area contributed by atoms with Crippen LogP contribution in [0.3, 0.4) is 0 Å². The molecule has 0 radical (unpaired) electrons. The lowest BCUT2D eigenvalue weighted by atomic mass is 10.0. The summed E-state index contributed by atoms with van der Waals surface area (Å²) in [6.45, 7) is 0. The zero-order valence-corrected chi connectivity index (χ0v) is 10.5. The number of aryl methyl sites for hydroxylation is 1. The van der Waals surface area contributed by atoms with Crippen LogP contribution in [-0.4, -0.2) is 4.98 Å². The Kier molecular flexibility index (Phi) is 2.94. The average molecular weight is 268 g/mol. The molecule has 2 aromatic rings. The molecule has 18 heavy (non-hydrogen) atoms. The van der Waals surface area contributed by atoms with E-state index in [9.17, 15) is 8.78 Å². The molecule has 0 amide bonds. The summed E-state index contributed by atoms with van der Waals surface area (Å²) in [5.41, 5.74) is 2.15. The van der Waals surface area contributed by atoms with E-state index < -0.39 is 11.6 Å². The van der Waals surface area contributed by atoms with Gasteiger partial charge >= 0.3 is 0 Å². The topological polar surface area (TPSA) is 12.9 Å². The van der Waals surface area contributed by atoms with Crippen molar-refractivity contribution in [1.82, 2.24) is 4.98 Å². The van der Waals surface area contributed by atoms with E-state index in [1.165, 1.54) is 6.07 Å². The fraction of sp³-hybridized carbons (Fsp3) is 0.357. The lowest BCUT2D eigenvalue weighted by Gasteiger charge is -2.11. The highest BCUT2D eigenvalue weighted by atomic mass is 35.5. The third kappa shape index (κ3) is 1.87. The van der Waals surface area contributed by atoms with Gasteiger partial charge in [0.25, 0.3) is 0 Å². The molecule has 0 unspecified atom stereocenters. The predicted molar refractivity (Wildman–Crippen MR) is 67.9 cm³/mol. The molecule has 1 nitrogen and oxygen atoms in total. The van der Waals surface area contributed by atoms with Crippen LogP contribution in [0.4, 0.5) is 8.78 Å². The molecule has 1 aliphatic rings. The van der Waals surface area contributed by atoms with E-state index in [1.807, 2.05) is 0 Å². The largest absolute Gasteiger partial charge is 0.252 e. The smallest absolute Gasteiger partial charge is 0.137 e. The minimum absolute atomic E-state index is 0.249. The summed E-state index contributed by atoms with van der Waals surface area (Å²) in [6, 6.07) is 2.11. The third-order valence-corrected chi connectivity index (χ3v) is 3.88. The highest BCUT2D eigenvalue weighted by Gasteiger charge is 2.18. The minimum atomic E-state index is -0.630. The Morgan fingerprint density at radius 1 is 1.06 bits per heavy atom. The summed E-state index contributed by atoms with van der Waals surface area (Å²) in [6.07, 6.45) is 4.89. The van der Waals surface area contributed by atoms with Gasteiger partial charge < -0.3 is 0 Å². The molecule has 1 aromatic heterocycles. The zero-order chi connectivity index (χ0) is 12.7. The van der Waals surface area contributed by atoms with Crippen molar-refractivity contribution < 1.29 is 8.78 Å². The molecule has 0 saturated heterocycles. The molecule has 0 saturated carbocycles. The Hall–Kier alpha value is -1.22. The number of nitrogens with zero attached hydrogens (tertiary/aromatic N) is 1. The molecule has 0 bridgehead atoms. The monoisotopic (exact) mass is 267 g/mol. The van der Waals surface area contributed by atoms with Crippen LogP contribution in [0.2, 0.25) is 5.02 Å². The predicted octanol–water partition coefficient (Wildman–Crippen LogP) is 4.44. The Balaban J connectivity index is 2.34. The first-order valence-electron chi connectivity index (χ1n) is 6.13. The first-order chi connectivity index (χ1) is 8.66. The molecule has 0 atom stereocenters. The normalized spacial score (nSPS) is 15.5. The van der Waals surface area contributed by atoms with Crippen LogP contribution in [0.15, 0.2) is 12.1 Å². The van der Waals surface area contributed by atoms with E-state index >= 15 is 0 Å². The SMILES string of the molecule is Fc1cc(F)c2c(Cl)c3c(nc2c1)CCCCC3. The van der Waals surface area contributed by atoms with Crippen LogP contribution in [0.25, 0.3) is 10.9 Å². The number of hydrogen-bond donors (Lipinski definition) is 0. The summed E-state index contributed by atoms with van der Waals surface area (Å²) in [4.78, 5) is 4.39. The molecule has 0 N–H and O–H groups in total. The van der Waals surface area contributed by atoms with Crippen molar-refractivity contribution in [3.05, 3.63) is 40.0 Å². The van der Waals surface area contributed by atoms with Crippen LogP contribution >= 0.6 is 11.6 Å². The van der Waals surface area contributed by atoms with E-state index in [1.54, 1.807) is 0 Å². The van der Waals surface area contributed by atoms with Gasteiger partial charge in [-0.2, -0.15) is 0 Å². The maximum absolute atomic E-state index is 13.8. The van der Waals surface area contributed by atoms with Gasteiger partial charge in [-0.25, -0.2) is 8.78 Å². The second-order valence-electron chi connectivity index (χ2n) is 4.69. The fourth-order valence-electron chi connectivity index (χ4n) is 2.59. The molecule has 0 spiro atoms. The van der Waals surface area contributed by atoms with Gasteiger partial charge in [-0.3, -0.25) is 4.98 Å². The van der Waals surface area contributed by atoms with Gasteiger partial charge in [0.15, 0.2) is 0 Å². The van der Waals surface area contributed by atoms with Gasteiger partial charge in [0.1, 0.15) is 11.6 Å². The number of benzene rings is 1. The average Bonchev–Trinajstić information content (AvgIpc) is 2.53. The molecular weight excluding hydrogens is 256 g/mol. The number of rotatable bonds is 0. The van der Waals surface area contributed by atoms with Crippen molar-refractivity contribution >= 4 is 22.5 Å². The van der Waals surface area contributed by atoms with Gasteiger partial charge in [-0.05, 0) is 31.2 Å². The summed E-state index contributed by atoms with van der Waals surface area (Å²) in [7, 11) is 0. The number of pyridine rings is 1. The Bertz CT molecular complexity index is 625. The molecular formula is C14H12ClF2N. The van der Waals surface area contributed by atoms with Crippen molar-refractivity contribution in [3.8, 4) is 0 Å². The van der Waals surface area contributed by atoms with Crippen molar-refractivity contribution in [2.24, 2.45) is 0 Å². The van der Waals surface area contributed by atoms with Crippen molar-refractivity contribution in [2.45, 2.75) is 32.1 Å². The highest BCUT2D eigenvalue weighted by molar-refractivity contribution is 6.36. The van der Waals surface area contributed by atoms with Gasteiger partial charge in [-0.1, -0.05) is 18.0 Å². The van der Waals surface area contributed by atoms with Gasteiger partial charge in [0.2, 0.25) is 0 Å². The first-order valence-corrected chi connectivity index (χ1v) is 6.50. The van der Waals surface area contributed by atoms with Gasteiger partial charge in [-0.15, -0.1) is 0 Å². The standard InChI is InChI=1S/C14H12ClF2N/c15-14-9-4-2-1-3-5-11(9)18-12-7-8(16)6-10(17)13(12)14/h6-7H,1-5H2. The Labute approximate surface area is 109 Å². The lowest BCUT2D eigenvalue weighted by molar-refractivity contribution is 0.591. The summed E-state index contributed by atoms with van der Waals surface area (Å²) in [5, 5.41) is 0.660. The summed E-state index contributed by atoms with van der Waals surface area (Å²) < 4.78 is 27.0. The van der Waals surface area contributed by atoms with Gasteiger partial charge in [0, 0.05) is 17.8 Å². The van der Waals surface area contributed by atoms with E-state index in [0.29, 0.717) is 10.5 Å². The summed E-state index contributed by atoms with van der Waals surface area (Å²) in [5.74, 6) is -1.24. The van der Waals surface area contributed by atoms with Crippen LogP contribution in [0.1, 0.15) is 30.5 Å². The van der Waals surface area contributed by atoms with Gasteiger partial charge in [0.05, 0.1) is 15.9 Å². The van der Waals surface area contributed by atoms with Crippen LogP contribution < -0.4 is 0 Å². The lowest BCUT2D eigenvalue weighted by Crippen LogP contribution is -2.00. The Morgan fingerprint density at radius 3 is 2.67 bits per heavy atom. The Morgan fingerprint density at radius 2 is 1.83 bits per heavy atom. The van der Waals surface area contributed by atoms with Crippen molar-refractivity contribution in [1.29, 1.82) is 0 Å². The number of aromatic nitrogens is 1. The van der Waals surface area contributed by atoms with E-state index in [4.69, 9.17) is 11.6 Å². The minimum Gasteiger partial charge on any atom is -0.252 e. The number of halogens is 3. The molecule has 0 fully saturated rings. The second-order valence-corrected chi connectivity index (χ2v) is 5.07. The highest BCUT2D eigenvalue weighted by Crippen LogP contribution is 2.33. The molecule has 3 rings (SSSR count). The fourth-order valence-corrected chi connectivity index (χ4v) is 2.98. The van der Waals surface area contributed by atoms with E-state index in [0.717, 1.165) is 49.4 Å². The maximum atomic E-state index is 13.8. The molecule has 4 heteroatoms. The van der Waals surface area contributed by atoms with Crippen LogP contribution in [0, 0.1) is 11.6 Å². The summed E-state index contributed by atoms with van der Waals surface area (Å²) >= 11 is 6.29. The van der Waals surface area contributed by atoms with E-state index in [-0.39, 0.29) is 5.39 Å². The molecule has 0 aliphatic heterocycles. The van der Waals surface area contributed by atoms with Crippen LogP contribution in [-0.2, 0) is 12.8 Å². The third-order valence-electron chi connectivity index (χ3n) is 3.46. The second kappa shape index (κ2) is 4.47. The molecule has 1 aromatic carbocycles. The van der Waals surface area contributed by atoms with Crippen molar-refractivity contribution in [2.75, 3.05) is 0 Å².